The van der Waals surface area contributed by atoms with E-state index in [0.29, 0.717) is 0 Å². The average molecular weight is 787 g/mol. The fourth-order valence-electron chi connectivity index (χ4n) is 9.16. The summed E-state index contributed by atoms with van der Waals surface area (Å²) < 4.78 is 0. The maximum absolute atomic E-state index is 2.28. The third kappa shape index (κ3) is 7.08. The second-order valence-corrected chi connectivity index (χ2v) is 16.0. The molecule has 0 spiro atoms. The van der Waals surface area contributed by atoms with Crippen LogP contribution >= 0.6 is 0 Å². The topological polar surface area (TPSA) is 0 Å². The zero-order valence-corrected chi connectivity index (χ0v) is 34.2. The van der Waals surface area contributed by atoms with Gasteiger partial charge in [-0.2, -0.15) is 0 Å². The van der Waals surface area contributed by atoms with Gasteiger partial charge in [-0.1, -0.05) is 255 Å². The van der Waals surface area contributed by atoms with Crippen molar-refractivity contribution in [1.82, 2.24) is 0 Å². The predicted molar refractivity (Wildman–Crippen MR) is 269 cm³/mol. The highest BCUT2D eigenvalue weighted by atomic mass is 14.2. The highest BCUT2D eigenvalue weighted by molar-refractivity contribution is 6.21. The number of hydrogen-bond donors (Lipinski definition) is 0. The summed E-state index contributed by atoms with van der Waals surface area (Å²) in [5, 5.41) is 10.1. The van der Waals surface area contributed by atoms with Gasteiger partial charge in [0.1, 0.15) is 0 Å². The fraction of sp³-hybridized carbons (Fsp3) is 0. The number of benzene rings is 11. The van der Waals surface area contributed by atoms with E-state index in [-0.39, 0.29) is 0 Å². The Kier molecular flexibility index (Phi) is 9.65. The maximum atomic E-state index is 2.28. The van der Waals surface area contributed by atoms with Gasteiger partial charge in [0.15, 0.2) is 0 Å². The highest BCUT2D eigenvalue weighted by Gasteiger charge is 2.16. The van der Waals surface area contributed by atoms with Crippen LogP contribution in [0.1, 0.15) is 22.3 Å². The molecule has 0 saturated carbocycles. The lowest BCUT2D eigenvalue weighted by molar-refractivity contribution is 1.61. The Morgan fingerprint density at radius 3 is 0.774 bits per heavy atom. The molecular formula is C62H42. The lowest BCUT2D eigenvalue weighted by atomic mass is 9.85. The minimum Gasteiger partial charge on any atom is -0.0616 e. The summed E-state index contributed by atoms with van der Waals surface area (Å²) in [5.74, 6) is 0. The van der Waals surface area contributed by atoms with E-state index < -0.39 is 0 Å². The molecule has 0 fully saturated rings. The van der Waals surface area contributed by atoms with Crippen LogP contribution in [0.25, 0.3) is 112 Å². The Hall–Kier alpha value is -8.06. The molecule has 11 aromatic carbocycles. The van der Waals surface area contributed by atoms with Crippen LogP contribution in [0, 0.1) is 0 Å². The molecular weight excluding hydrogens is 745 g/mol. The minimum absolute atomic E-state index is 1.17. The molecule has 0 nitrogen and oxygen atoms in total. The van der Waals surface area contributed by atoms with Crippen molar-refractivity contribution >= 4 is 67.4 Å². The summed E-state index contributed by atoms with van der Waals surface area (Å²) in [4.78, 5) is 0. The monoisotopic (exact) mass is 786 g/mol. The van der Waals surface area contributed by atoms with Crippen molar-refractivity contribution < 1.29 is 0 Å². The first-order valence-electron chi connectivity index (χ1n) is 21.4. The number of fused-ring (bicyclic) bond motifs is 4. The van der Waals surface area contributed by atoms with Crippen LogP contribution < -0.4 is 0 Å². The quantitative estimate of drug-likeness (QED) is 0.106. The second-order valence-electron chi connectivity index (χ2n) is 16.0. The highest BCUT2D eigenvalue weighted by Crippen LogP contribution is 2.44. The van der Waals surface area contributed by atoms with Crippen LogP contribution in [0.2, 0.25) is 0 Å². The van der Waals surface area contributed by atoms with Gasteiger partial charge < -0.3 is 0 Å². The molecule has 0 unspecified atom stereocenters. The number of hydrogen-bond acceptors (Lipinski definition) is 0. The van der Waals surface area contributed by atoms with Gasteiger partial charge in [0, 0.05) is 0 Å². The number of rotatable bonds is 8. The Morgan fingerprint density at radius 2 is 0.452 bits per heavy atom. The van der Waals surface area contributed by atoms with Gasteiger partial charge in [-0.3, -0.25) is 0 Å². The van der Waals surface area contributed by atoms with E-state index in [9.17, 15) is 0 Å². The molecule has 11 aromatic rings. The molecule has 0 saturated heterocycles. The molecule has 0 atom stereocenters. The van der Waals surface area contributed by atoms with Gasteiger partial charge in [0.2, 0.25) is 0 Å². The van der Waals surface area contributed by atoms with E-state index >= 15 is 0 Å². The lowest BCUT2D eigenvalue weighted by Crippen LogP contribution is -1.91. The summed E-state index contributed by atoms with van der Waals surface area (Å²) in [6.45, 7) is 0. The molecule has 290 valence electrons. The molecule has 0 heterocycles. The molecule has 0 bridgehead atoms. The molecule has 0 heteroatoms. The molecule has 0 radical (unpaired) electrons. The van der Waals surface area contributed by atoms with Crippen molar-refractivity contribution in [1.29, 1.82) is 0 Å². The SMILES string of the molecule is C(=Cc1ccc(-c2c3ccccc3c(-c3ccc(C=Cc4ccc(-c5cccc6ccccc56)cc4)cc3)c3ccccc23)cc1)c1ccc(-c2cccc3ccccc23)cc1. The molecule has 0 aromatic heterocycles. The van der Waals surface area contributed by atoms with Crippen molar-refractivity contribution in [2.45, 2.75) is 0 Å². The van der Waals surface area contributed by atoms with Crippen LogP contribution in [0.3, 0.4) is 0 Å². The van der Waals surface area contributed by atoms with Crippen molar-refractivity contribution in [2.24, 2.45) is 0 Å². The molecule has 11 rings (SSSR count). The van der Waals surface area contributed by atoms with Gasteiger partial charge in [-0.15, -0.1) is 0 Å². The van der Waals surface area contributed by atoms with Crippen molar-refractivity contribution in [3.8, 4) is 44.5 Å². The Labute approximate surface area is 363 Å². The standard InChI is InChI=1S/C62H42/c1-3-15-53-47(11-1)13-9-21-55(53)49-35-27-43(28-36-49)23-25-45-31-39-51(40-32-45)61-57-17-5-7-19-59(57)62(60-20-8-6-18-58(60)61)52-41-33-46(34-42-52)26-24-44-29-37-50(38-30-44)56-22-10-14-48-12-2-4-16-54(48)56/h1-42H. The summed E-state index contributed by atoms with van der Waals surface area (Å²) in [5.41, 5.74) is 14.7. The van der Waals surface area contributed by atoms with E-state index in [1.165, 1.54) is 110 Å². The van der Waals surface area contributed by atoms with Crippen molar-refractivity contribution in [2.75, 3.05) is 0 Å². The Morgan fingerprint density at radius 1 is 0.194 bits per heavy atom. The molecule has 0 aliphatic heterocycles. The summed E-state index contributed by atoms with van der Waals surface area (Å²) in [7, 11) is 0. The van der Waals surface area contributed by atoms with Gasteiger partial charge >= 0.3 is 0 Å². The van der Waals surface area contributed by atoms with E-state index in [1.807, 2.05) is 0 Å². The summed E-state index contributed by atoms with van der Waals surface area (Å²) in [6, 6.07) is 83.8. The Balaban J connectivity index is 0.852. The molecule has 62 heavy (non-hydrogen) atoms. The molecule has 0 aliphatic rings. The average Bonchev–Trinajstić information content (AvgIpc) is 3.35. The van der Waals surface area contributed by atoms with Gasteiger partial charge in [0.25, 0.3) is 0 Å². The lowest BCUT2D eigenvalue weighted by Gasteiger charge is -2.18. The fourth-order valence-corrected chi connectivity index (χ4v) is 9.16. The van der Waals surface area contributed by atoms with Crippen molar-refractivity contribution in [3.63, 3.8) is 0 Å². The van der Waals surface area contributed by atoms with E-state index in [2.05, 4.69) is 255 Å². The first-order valence-corrected chi connectivity index (χ1v) is 21.4. The summed E-state index contributed by atoms with van der Waals surface area (Å²) >= 11 is 0. The third-order valence-corrected chi connectivity index (χ3v) is 12.3. The van der Waals surface area contributed by atoms with Gasteiger partial charge in [-0.25, -0.2) is 0 Å². The Bertz CT molecular complexity index is 3150. The maximum Gasteiger partial charge on any atom is -0.00264 e. The van der Waals surface area contributed by atoms with Crippen molar-refractivity contribution in [3.05, 3.63) is 253 Å². The van der Waals surface area contributed by atoms with Crippen LogP contribution in [-0.4, -0.2) is 0 Å². The third-order valence-electron chi connectivity index (χ3n) is 12.3. The predicted octanol–water partition coefficient (Wildman–Crippen LogP) is 17.3. The summed E-state index contributed by atoms with van der Waals surface area (Å²) in [6.07, 6.45) is 8.82. The van der Waals surface area contributed by atoms with Crippen LogP contribution in [0.15, 0.2) is 231 Å². The minimum atomic E-state index is 1.17. The normalized spacial score (nSPS) is 11.7. The van der Waals surface area contributed by atoms with E-state index in [1.54, 1.807) is 0 Å². The zero-order chi connectivity index (χ0) is 41.2. The molecule has 0 amide bonds. The molecule has 0 N–H and O–H groups in total. The zero-order valence-electron chi connectivity index (χ0n) is 34.2. The second kappa shape index (κ2) is 16.2. The van der Waals surface area contributed by atoms with E-state index in [0.717, 1.165) is 0 Å². The van der Waals surface area contributed by atoms with E-state index in [4.69, 9.17) is 0 Å². The van der Waals surface area contributed by atoms with Gasteiger partial charge in [-0.05, 0) is 110 Å². The first-order chi connectivity index (χ1) is 30.7. The first kappa shape index (κ1) is 37.0. The van der Waals surface area contributed by atoms with Gasteiger partial charge in [0.05, 0.1) is 0 Å². The smallest absolute Gasteiger partial charge is 0.00264 e. The van der Waals surface area contributed by atoms with Crippen LogP contribution in [0.5, 0.6) is 0 Å². The van der Waals surface area contributed by atoms with Crippen LogP contribution in [-0.2, 0) is 0 Å². The van der Waals surface area contributed by atoms with Crippen LogP contribution in [0.4, 0.5) is 0 Å². The largest absolute Gasteiger partial charge is 0.0616 e. The molecule has 0 aliphatic carbocycles.